The summed E-state index contributed by atoms with van der Waals surface area (Å²) in [5, 5.41) is 3.20. The fourth-order valence-corrected chi connectivity index (χ4v) is 1.88. The van der Waals surface area contributed by atoms with Gasteiger partial charge in [0.1, 0.15) is 0 Å². The van der Waals surface area contributed by atoms with Gasteiger partial charge in [0.15, 0.2) is 0 Å². The van der Waals surface area contributed by atoms with E-state index >= 15 is 0 Å². The van der Waals surface area contributed by atoms with Crippen LogP contribution in [0, 0.1) is 5.92 Å². The summed E-state index contributed by atoms with van der Waals surface area (Å²) < 4.78 is 0. The third-order valence-electron chi connectivity index (χ3n) is 2.67. The van der Waals surface area contributed by atoms with Crippen LogP contribution in [0.5, 0.6) is 0 Å². The van der Waals surface area contributed by atoms with Crippen molar-refractivity contribution in [1.29, 1.82) is 0 Å². The van der Waals surface area contributed by atoms with E-state index in [-0.39, 0.29) is 5.91 Å². The second-order valence-electron chi connectivity index (χ2n) is 4.69. The van der Waals surface area contributed by atoms with Gasteiger partial charge >= 0.3 is 0 Å². The molecule has 0 unspecified atom stereocenters. The van der Waals surface area contributed by atoms with E-state index in [0.717, 1.165) is 25.3 Å². The molecule has 0 bridgehead atoms. The smallest absolute Gasteiger partial charge is 0.257 e. The van der Waals surface area contributed by atoms with Crippen molar-refractivity contribution in [3.05, 3.63) is 24.0 Å². The Morgan fingerprint density at radius 3 is 2.72 bits per heavy atom. The summed E-state index contributed by atoms with van der Waals surface area (Å²) in [6.45, 7) is 10.5. The molecule has 0 saturated heterocycles. The van der Waals surface area contributed by atoms with E-state index in [2.05, 4.69) is 24.1 Å². The molecule has 0 atom stereocenters. The van der Waals surface area contributed by atoms with Crippen molar-refractivity contribution in [3.63, 3.8) is 0 Å². The summed E-state index contributed by atoms with van der Waals surface area (Å²) in [5.74, 6) is 0.517. The zero-order valence-corrected chi connectivity index (χ0v) is 11.7. The topological polar surface area (TPSA) is 45.2 Å². The third-order valence-corrected chi connectivity index (χ3v) is 2.67. The maximum absolute atomic E-state index is 12.5. The molecule has 0 radical (unpaired) electrons. The summed E-state index contributed by atoms with van der Waals surface area (Å²) in [7, 11) is 0. The number of hydrogen-bond donors (Lipinski definition) is 1. The summed E-state index contributed by atoms with van der Waals surface area (Å²) >= 11 is 0. The molecule has 0 aromatic carbocycles. The van der Waals surface area contributed by atoms with Gasteiger partial charge in [0.05, 0.1) is 11.3 Å². The van der Waals surface area contributed by atoms with E-state index < -0.39 is 0 Å². The summed E-state index contributed by atoms with van der Waals surface area (Å²) in [5.41, 5.74) is 1.52. The lowest BCUT2D eigenvalue weighted by molar-refractivity contribution is 0.0746. The molecule has 0 aliphatic carbocycles. The van der Waals surface area contributed by atoms with E-state index in [1.807, 2.05) is 24.8 Å². The van der Waals surface area contributed by atoms with Crippen molar-refractivity contribution in [3.8, 4) is 0 Å². The van der Waals surface area contributed by atoms with Crippen LogP contribution in [0.2, 0.25) is 0 Å². The second kappa shape index (κ2) is 6.99. The van der Waals surface area contributed by atoms with Crippen LogP contribution in [-0.2, 0) is 0 Å². The highest BCUT2D eigenvalue weighted by atomic mass is 16.2. The van der Waals surface area contributed by atoms with Crippen LogP contribution in [0.15, 0.2) is 18.5 Å². The van der Waals surface area contributed by atoms with Gasteiger partial charge in [-0.3, -0.25) is 9.78 Å². The van der Waals surface area contributed by atoms with E-state index in [1.54, 1.807) is 12.4 Å². The van der Waals surface area contributed by atoms with Crippen molar-refractivity contribution in [2.24, 2.45) is 5.92 Å². The Morgan fingerprint density at radius 2 is 2.17 bits per heavy atom. The van der Waals surface area contributed by atoms with Gasteiger partial charge in [0.25, 0.3) is 5.91 Å². The molecule has 1 rings (SSSR count). The Morgan fingerprint density at radius 1 is 1.44 bits per heavy atom. The number of pyridine rings is 1. The Balaban J connectivity index is 2.93. The number of nitrogens with one attached hydrogen (secondary N) is 1. The molecule has 100 valence electrons. The van der Waals surface area contributed by atoms with Crippen molar-refractivity contribution in [2.45, 2.75) is 27.7 Å². The lowest BCUT2D eigenvalue weighted by Crippen LogP contribution is -2.34. The highest BCUT2D eigenvalue weighted by Crippen LogP contribution is 2.16. The molecule has 4 nitrogen and oxygen atoms in total. The first-order valence-corrected chi connectivity index (χ1v) is 6.57. The Bertz CT molecular complexity index is 390. The van der Waals surface area contributed by atoms with Crippen molar-refractivity contribution < 1.29 is 4.79 Å². The molecule has 0 spiro atoms. The van der Waals surface area contributed by atoms with E-state index in [0.29, 0.717) is 11.5 Å². The number of nitrogens with zero attached hydrogens (tertiary/aromatic N) is 2. The van der Waals surface area contributed by atoms with Crippen LogP contribution in [0.1, 0.15) is 38.1 Å². The number of anilines is 1. The molecule has 18 heavy (non-hydrogen) atoms. The first-order valence-electron chi connectivity index (χ1n) is 6.57. The molecule has 1 aromatic heterocycles. The van der Waals surface area contributed by atoms with E-state index in [9.17, 15) is 4.79 Å². The van der Waals surface area contributed by atoms with Crippen molar-refractivity contribution in [2.75, 3.05) is 25.0 Å². The second-order valence-corrected chi connectivity index (χ2v) is 4.69. The Labute approximate surface area is 109 Å². The number of rotatable bonds is 6. The molecule has 1 aromatic rings. The number of hydrogen-bond acceptors (Lipinski definition) is 3. The molecule has 1 amide bonds. The number of aromatic nitrogens is 1. The largest absolute Gasteiger partial charge is 0.385 e. The van der Waals surface area contributed by atoms with Crippen LogP contribution in [0.25, 0.3) is 0 Å². The maximum Gasteiger partial charge on any atom is 0.257 e. The average molecular weight is 249 g/mol. The van der Waals surface area contributed by atoms with Crippen LogP contribution in [0.4, 0.5) is 5.69 Å². The van der Waals surface area contributed by atoms with Crippen LogP contribution in [0.3, 0.4) is 0 Å². The first-order chi connectivity index (χ1) is 8.60. The lowest BCUT2D eigenvalue weighted by Gasteiger charge is -2.24. The minimum Gasteiger partial charge on any atom is -0.385 e. The van der Waals surface area contributed by atoms with Crippen LogP contribution < -0.4 is 5.32 Å². The van der Waals surface area contributed by atoms with Crippen molar-refractivity contribution in [1.82, 2.24) is 9.88 Å². The average Bonchev–Trinajstić information content (AvgIpc) is 2.36. The molecule has 1 heterocycles. The van der Waals surface area contributed by atoms with E-state index in [1.165, 1.54) is 0 Å². The van der Waals surface area contributed by atoms with Gasteiger partial charge in [-0.25, -0.2) is 0 Å². The molecule has 0 saturated carbocycles. The Kier molecular flexibility index (Phi) is 5.62. The molecule has 1 N–H and O–H groups in total. The minimum absolute atomic E-state index is 0.0512. The molecule has 0 fully saturated rings. The predicted molar refractivity (Wildman–Crippen MR) is 74.8 cm³/mol. The summed E-state index contributed by atoms with van der Waals surface area (Å²) in [6.07, 6.45) is 3.34. The fourth-order valence-electron chi connectivity index (χ4n) is 1.88. The van der Waals surface area contributed by atoms with Crippen LogP contribution >= 0.6 is 0 Å². The van der Waals surface area contributed by atoms with E-state index in [4.69, 9.17) is 0 Å². The van der Waals surface area contributed by atoms with Gasteiger partial charge in [-0.15, -0.1) is 0 Å². The fraction of sp³-hybridized carbons (Fsp3) is 0.571. The molecule has 0 aliphatic rings. The summed E-state index contributed by atoms with van der Waals surface area (Å²) in [4.78, 5) is 18.4. The monoisotopic (exact) mass is 249 g/mol. The zero-order chi connectivity index (χ0) is 13.5. The highest BCUT2D eigenvalue weighted by molar-refractivity contribution is 5.99. The minimum atomic E-state index is 0.0512. The SMILES string of the molecule is CCNc1ccncc1C(=O)N(CC)CC(C)C. The normalized spacial score (nSPS) is 10.5. The lowest BCUT2D eigenvalue weighted by atomic mass is 10.1. The number of carbonyl (C=O) groups is 1. The van der Waals surface area contributed by atoms with Gasteiger partial charge in [-0.1, -0.05) is 13.8 Å². The Hall–Kier alpha value is -1.58. The molecule has 0 aliphatic heterocycles. The maximum atomic E-state index is 12.5. The number of amides is 1. The quantitative estimate of drug-likeness (QED) is 0.843. The number of carbonyl (C=O) groups excluding carboxylic acids is 1. The van der Waals surface area contributed by atoms with Gasteiger partial charge in [0.2, 0.25) is 0 Å². The zero-order valence-electron chi connectivity index (χ0n) is 11.7. The molecular weight excluding hydrogens is 226 g/mol. The van der Waals surface area contributed by atoms with Gasteiger partial charge in [0, 0.05) is 32.0 Å². The van der Waals surface area contributed by atoms with Gasteiger partial charge in [-0.2, -0.15) is 0 Å². The van der Waals surface area contributed by atoms with Crippen LogP contribution in [-0.4, -0.2) is 35.4 Å². The predicted octanol–water partition coefficient (Wildman–Crippen LogP) is 2.63. The molecule has 4 heteroatoms. The van der Waals surface area contributed by atoms with Crippen molar-refractivity contribution >= 4 is 11.6 Å². The third kappa shape index (κ3) is 3.72. The first kappa shape index (κ1) is 14.5. The van der Waals surface area contributed by atoms with Gasteiger partial charge < -0.3 is 10.2 Å². The summed E-state index contributed by atoms with van der Waals surface area (Å²) in [6, 6.07) is 1.85. The highest BCUT2D eigenvalue weighted by Gasteiger charge is 2.18. The van der Waals surface area contributed by atoms with Gasteiger partial charge in [-0.05, 0) is 25.8 Å². The standard InChI is InChI=1S/C14H23N3O/c1-5-16-13-7-8-15-9-12(13)14(18)17(6-2)10-11(3)4/h7-9,11H,5-6,10H2,1-4H3,(H,15,16). The molecular formula is C14H23N3O.